The second-order valence-corrected chi connectivity index (χ2v) is 15.2. The molecule has 0 aliphatic heterocycles. The van der Waals surface area contributed by atoms with Crippen LogP contribution in [0.3, 0.4) is 0 Å². The van der Waals surface area contributed by atoms with Crippen molar-refractivity contribution in [1.82, 2.24) is 10.2 Å². The van der Waals surface area contributed by atoms with E-state index >= 15 is 0 Å². The third kappa shape index (κ3) is 8.41. The highest BCUT2D eigenvalue weighted by molar-refractivity contribution is 7.92. The fourth-order valence-electron chi connectivity index (χ4n) is 6.11. The number of hydrogen-bond donors (Lipinski definition) is 1. The molecule has 2 amide bonds. The largest absolute Gasteiger partial charge is 0.352 e. The highest BCUT2D eigenvalue weighted by Gasteiger charge is 2.36. The summed E-state index contributed by atoms with van der Waals surface area (Å²) in [6.45, 7) is 5.05. The average Bonchev–Trinajstić information content (AvgIpc) is 3.57. The first-order valence-corrected chi connectivity index (χ1v) is 18.4. The Morgan fingerprint density at radius 3 is 2.23 bits per heavy atom. The van der Waals surface area contributed by atoms with Crippen LogP contribution in [-0.2, 0) is 32.6 Å². The van der Waals surface area contributed by atoms with Gasteiger partial charge in [0.2, 0.25) is 11.8 Å². The number of amides is 2. The van der Waals surface area contributed by atoms with E-state index in [0.29, 0.717) is 21.3 Å². The molecule has 0 heterocycles. The van der Waals surface area contributed by atoms with Crippen LogP contribution in [0, 0.1) is 20.8 Å². The summed E-state index contributed by atoms with van der Waals surface area (Å²) in [5, 5.41) is 3.97. The van der Waals surface area contributed by atoms with Crippen LogP contribution in [0.4, 0.5) is 5.69 Å². The molecule has 4 aromatic rings. The molecule has 0 aromatic heterocycles. The molecule has 1 atom stereocenters. The van der Waals surface area contributed by atoms with Crippen molar-refractivity contribution in [3.05, 3.63) is 129 Å². The van der Waals surface area contributed by atoms with Crippen molar-refractivity contribution in [1.29, 1.82) is 0 Å². The first kappa shape index (κ1) is 35.5. The highest BCUT2D eigenvalue weighted by atomic mass is 35.5. The molecule has 252 valence electrons. The summed E-state index contributed by atoms with van der Waals surface area (Å²) in [6.07, 6.45) is 4.02. The molecule has 1 saturated carbocycles. The third-order valence-electron chi connectivity index (χ3n) is 9.06. The molecule has 0 radical (unpaired) electrons. The Morgan fingerprint density at radius 2 is 1.56 bits per heavy atom. The number of aryl methyl sites for hydroxylation is 2. The maximum absolute atomic E-state index is 14.8. The van der Waals surface area contributed by atoms with E-state index in [1.54, 1.807) is 54.6 Å². The fourth-order valence-corrected chi connectivity index (χ4v) is 8.05. The number of hydrogen-bond acceptors (Lipinski definition) is 4. The Hall–Kier alpha value is -3.85. The summed E-state index contributed by atoms with van der Waals surface area (Å²) in [4.78, 5) is 30.5. The van der Waals surface area contributed by atoms with Gasteiger partial charge in [0.1, 0.15) is 12.6 Å². The van der Waals surface area contributed by atoms with Crippen LogP contribution >= 0.6 is 23.2 Å². The first-order chi connectivity index (χ1) is 22.9. The molecular weight excluding hydrogens is 665 g/mol. The van der Waals surface area contributed by atoms with Crippen LogP contribution in [0.5, 0.6) is 0 Å². The van der Waals surface area contributed by atoms with Crippen LogP contribution in [0.2, 0.25) is 10.0 Å². The van der Waals surface area contributed by atoms with E-state index in [1.807, 2.05) is 57.2 Å². The molecule has 1 aliphatic carbocycles. The van der Waals surface area contributed by atoms with Gasteiger partial charge in [-0.25, -0.2) is 8.42 Å². The molecule has 7 nitrogen and oxygen atoms in total. The van der Waals surface area contributed by atoms with Crippen molar-refractivity contribution in [2.24, 2.45) is 0 Å². The van der Waals surface area contributed by atoms with Gasteiger partial charge < -0.3 is 10.2 Å². The topological polar surface area (TPSA) is 86.8 Å². The van der Waals surface area contributed by atoms with Crippen LogP contribution < -0.4 is 9.62 Å². The molecule has 4 aromatic carbocycles. The van der Waals surface area contributed by atoms with Crippen molar-refractivity contribution >= 4 is 50.7 Å². The van der Waals surface area contributed by atoms with Gasteiger partial charge in [0, 0.05) is 29.1 Å². The fraction of sp³-hybridized carbons (Fsp3) is 0.316. The number of nitrogens with zero attached hydrogens (tertiary/aromatic N) is 2. The summed E-state index contributed by atoms with van der Waals surface area (Å²) in [6, 6.07) is 25.5. The minimum Gasteiger partial charge on any atom is -0.352 e. The maximum atomic E-state index is 14.8. The van der Waals surface area contributed by atoms with Gasteiger partial charge in [-0.05, 0) is 86.2 Å². The summed E-state index contributed by atoms with van der Waals surface area (Å²) >= 11 is 12.8. The number of nitrogens with one attached hydrogen (secondary N) is 1. The van der Waals surface area contributed by atoms with Gasteiger partial charge >= 0.3 is 0 Å². The van der Waals surface area contributed by atoms with Crippen molar-refractivity contribution < 1.29 is 18.0 Å². The van der Waals surface area contributed by atoms with Gasteiger partial charge in [-0.3, -0.25) is 13.9 Å². The molecule has 0 spiro atoms. The van der Waals surface area contributed by atoms with Crippen LogP contribution in [0.1, 0.15) is 53.5 Å². The number of carbonyl (C=O) groups excluding carboxylic acids is 2. The number of rotatable bonds is 12. The van der Waals surface area contributed by atoms with Gasteiger partial charge in [-0.2, -0.15) is 0 Å². The van der Waals surface area contributed by atoms with E-state index in [9.17, 15) is 18.0 Å². The Kier molecular flexibility index (Phi) is 11.5. The SMILES string of the molecule is Cc1ccc(S(=O)(=O)N(CC(=O)N(Cc2ccc(Cl)cc2Cl)C(Cc2ccccc2)C(=O)NC2CCCC2)c2cccc(C)c2C)cc1. The van der Waals surface area contributed by atoms with Crippen molar-refractivity contribution in [2.75, 3.05) is 10.8 Å². The second kappa shape index (κ2) is 15.6. The molecule has 0 saturated heterocycles. The van der Waals surface area contributed by atoms with Crippen molar-refractivity contribution in [3.8, 4) is 0 Å². The molecule has 1 N–H and O–H groups in total. The summed E-state index contributed by atoms with van der Waals surface area (Å²) in [5.74, 6) is -0.830. The Balaban J connectivity index is 1.61. The Bertz CT molecular complexity index is 1860. The number of benzene rings is 4. The van der Waals surface area contributed by atoms with Gasteiger partial charge in [0.25, 0.3) is 10.0 Å². The number of anilines is 1. The average molecular weight is 707 g/mol. The van der Waals surface area contributed by atoms with Gasteiger partial charge in [-0.15, -0.1) is 0 Å². The predicted molar refractivity (Wildman–Crippen MR) is 193 cm³/mol. The molecule has 1 fully saturated rings. The zero-order valence-electron chi connectivity index (χ0n) is 27.5. The summed E-state index contributed by atoms with van der Waals surface area (Å²) < 4.78 is 29.9. The summed E-state index contributed by atoms with van der Waals surface area (Å²) in [5.41, 5.74) is 4.36. The molecule has 5 rings (SSSR count). The van der Waals surface area contributed by atoms with E-state index in [0.717, 1.165) is 52.2 Å². The normalized spacial score (nSPS) is 14.0. The van der Waals surface area contributed by atoms with Crippen LogP contribution in [0.25, 0.3) is 0 Å². The van der Waals surface area contributed by atoms with E-state index in [4.69, 9.17) is 23.2 Å². The number of carbonyl (C=O) groups is 2. The molecule has 48 heavy (non-hydrogen) atoms. The van der Waals surface area contributed by atoms with Crippen LogP contribution in [-0.4, -0.2) is 43.8 Å². The minimum atomic E-state index is -4.21. The zero-order valence-corrected chi connectivity index (χ0v) is 29.8. The second-order valence-electron chi connectivity index (χ2n) is 12.5. The Labute approximate surface area is 293 Å². The molecule has 1 aliphatic rings. The lowest BCUT2D eigenvalue weighted by Crippen LogP contribution is -2.54. The van der Waals surface area contributed by atoms with E-state index in [1.165, 1.54) is 4.90 Å². The maximum Gasteiger partial charge on any atom is 0.264 e. The monoisotopic (exact) mass is 705 g/mol. The lowest BCUT2D eigenvalue weighted by atomic mass is 10.0. The predicted octanol–water partition coefficient (Wildman–Crippen LogP) is 7.81. The summed E-state index contributed by atoms with van der Waals surface area (Å²) in [7, 11) is -4.21. The van der Waals surface area contributed by atoms with E-state index in [-0.39, 0.29) is 29.8 Å². The lowest BCUT2D eigenvalue weighted by Gasteiger charge is -2.35. The molecule has 10 heteroatoms. The van der Waals surface area contributed by atoms with E-state index < -0.39 is 28.5 Å². The smallest absolute Gasteiger partial charge is 0.264 e. The van der Waals surface area contributed by atoms with Gasteiger partial charge in [0.15, 0.2) is 0 Å². The molecule has 0 bridgehead atoms. The standard InChI is InChI=1S/C38H41Cl2N3O4S/c1-26-16-20-33(21-17-26)48(46,47)43(35-15-9-10-27(2)28(35)3)25-37(44)42(24-30-18-19-31(39)23-34(30)40)36(22-29-11-5-4-6-12-29)38(45)41-32-13-7-8-14-32/h4-6,9-12,15-21,23,32,36H,7-8,13-14,22,24-25H2,1-3H3,(H,41,45). The van der Waals surface area contributed by atoms with Crippen LogP contribution in [0.15, 0.2) is 95.9 Å². The highest BCUT2D eigenvalue weighted by Crippen LogP contribution is 2.30. The van der Waals surface area contributed by atoms with Crippen molar-refractivity contribution in [2.45, 2.75) is 76.4 Å². The minimum absolute atomic E-state index is 0.0141. The molecular formula is C38H41Cl2N3O4S. The third-order valence-corrected chi connectivity index (χ3v) is 11.4. The number of halogens is 2. The zero-order chi connectivity index (χ0) is 34.4. The molecule has 1 unspecified atom stereocenters. The lowest BCUT2D eigenvalue weighted by molar-refractivity contribution is -0.140. The van der Waals surface area contributed by atoms with Crippen molar-refractivity contribution in [3.63, 3.8) is 0 Å². The van der Waals surface area contributed by atoms with Gasteiger partial charge in [0.05, 0.1) is 10.6 Å². The Morgan fingerprint density at radius 1 is 0.875 bits per heavy atom. The number of sulfonamides is 1. The van der Waals surface area contributed by atoms with Gasteiger partial charge in [-0.1, -0.05) is 102 Å². The first-order valence-electron chi connectivity index (χ1n) is 16.2. The quantitative estimate of drug-likeness (QED) is 0.163. The van der Waals surface area contributed by atoms with E-state index in [2.05, 4.69) is 5.32 Å².